The number of nitrogens with zero attached hydrogens (tertiary/aromatic N) is 3. The fourth-order valence-electron chi connectivity index (χ4n) is 5.01. The van der Waals surface area contributed by atoms with Gasteiger partial charge < -0.3 is 15.1 Å². The third-order valence-corrected chi connectivity index (χ3v) is 6.40. The van der Waals surface area contributed by atoms with E-state index in [4.69, 9.17) is 0 Å². The van der Waals surface area contributed by atoms with Crippen LogP contribution in [0.15, 0.2) is 0 Å². The van der Waals surface area contributed by atoms with Gasteiger partial charge in [-0.15, -0.1) is 0 Å². The second-order valence-corrected chi connectivity index (χ2v) is 8.06. The number of hydrogen-bond donors (Lipinski definition) is 2. The molecule has 4 rings (SSSR count). The lowest BCUT2D eigenvalue weighted by molar-refractivity contribution is -0.132. The van der Waals surface area contributed by atoms with E-state index in [-0.39, 0.29) is 24.0 Å². The normalized spacial score (nSPS) is 24.0. The van der Waals surface area contributed by atoms with Gasteiger partial charge >= 0.3 is 6.03 Å². The smallest absolute Gasteiger partial charge is 0.317 e. The molecule has 3 amide bonds. The molecule has 148 valence electrons. The Bertz CT molecular complexity index is 701. The largest absolute Gasteiger partial charge is 0.338 e. The number of likely N-dealkylation sites (tertiary alicyclic amines) is 2. The lowest BCUT2D eigenvalue weighted by Crippen LogP contribution is -2.45. The monoisotopic (exact) mass is 373 g/mol. The average Bonchev–Trinajstić information content (AvgIpc) is 3.38. The van der Waals surface area contributed by atoms with Gasteiger partial charge in [-0.05, 0) is 50.5 Å². The molecule has 3 aliphatic rings. The molecule has 0 aromatic carbocycles. The summed E-state index contributed by atoms with van der Waals surface area (Å²) >= 11 is 0. The molecule has 0 radical (unpaired) electrons. The summed E-state index contributed by atoms with van der Waals surface area (Å²) in [6.07, 6.45) is 8.60. The van der Waals surface area contributed by atoms with Crippen LogP contribution in [0, 0.1) is 0 Å². The molecule has 27 heavy (non-hydrogen) atoms. The van der Waals surface area contributed by atoms with Crippen molar-refractivity contribution < 1.29 is 9.59 Å². The number of aromatic amines is 1. The molecule has 1 aromatic heterocycles. The van der Waals surface area contributed by atoms with E-state index >= 15 is 0 Å². The molecule has 0 spiro atoms. The minimum absolute atomic E-state index is 0.0294. The highest BCUT2D eigenvalue weighted by molar-refractivity contribution is 5.79. The summed E-state index contributed by atoms with van der Waals surface area (Å²) in [5, 5.41) is 10.6. The van der Waals surface area contributed by atoms with E-state index in [2.05, 4.69) is 22.4 Å². The third-order valence-electron chi connectivity index (χ3n) is 6.40. The Morgan fingerprint density at radius 3 is 2.70 bits per heavy atom. The number of aromatic nitrogens is 2. The number of rotatable bonds is 5. The summed E-state index contributed by atoms with van der Waals surface area (Å²) in [4.78, 5) is 29.2. The fraction of sp³-hybridized carbons (Fsp3) is 0.750. The van der Waals surface area contributed by atoms with Gasteiger partial charge in [-0.3, -0.25) is 9.89 Å². The van der Waals surface area contributed by atoms with Crippen LogP contribution in [-0.4, -0.2) is 63.7 Å². The van der Waals surface area contributed by atoms with Crippen LogP contribution in [0.3, 0.4) is 0 Å². The summed E-state index contributed by atoms with van der Waals surface area (Å²) in [5.41, 5.74) is 3.71. The molecule has 1 aliphatic carbocycles. The van der Waals surface area contributed by atoms with Gasteiger partial charge in [0.2, 0.25) is 5.91 Å². The van der Waals surface area contributed by atoms with Gasteiger partial charge in [0.1, 0.15) is 0 Å². The van der Waals surface area contributed by atoms with Crippen LogP contribution in [0.25, 0.3) is 0 Å². The molecule has 7 nitrogen and oxygen atoms in total. The summed E-state index contributed by atoms with van der Waals surface area (Å²) in [6, 6.07) is 0.406. The van der Waals surface area contributed by atoms with Crippen LogP contribution in [0.5, 0.6) is 0 Å². The second-order valence-electron chi connectivity index (χ2n) is 8.06. The molecule has 2 saturated heterocycles. The maximum Gasteiger partial charge on any atom is 0.317 e. The van der Waals surface area contributed by atoms with Crippen LogP contribution in [0.1, 0.15) is 62.4 Å². The summed E-state index contributed by atoms with van der Waals surface area (Å²) in [7, 11) is 0. The predicted octanol–water partition coefficient (Wildman–Crippen LogP) is 2.02. The molecule has 2 fully saturated rings. The molecule has 2 aliphatic heterocycles. The zero-order valence-corrected chi connectivity index (χ0v) is 16.3. The number of nitrogens with one attached hydrogen (secondary N) is 2. The van der Waals surface area contributed by atoms with Gasteiger partial charge in [-0.2, -0.15) is 5.10 Å². The second kappa shape index (κ2) is 7.90. The third kappa shape index (κ3) is 3.56. The van der Waals surface area contributed by atoms with Gasteiger partial charge in [0.15, 0.2) is 0 Å². The number of carbonyl (C=O) groups excluding carboxylic acids is 2. The number of carbonyl (C=O) groups is 2. The van der Waals surface area contributed by atoms with E-state index < -0.39 is 0 Å². The number of aryl methyl sites for hydroxylation is 2. The number of hydrogen-bond acceptors (Lipinski definition) is 3. The first-order valence-electron chi connectivity index (χ1n) is 10.6. The Labute approximate surface area is 160 Å². The Kier molecular flexibility index (Phi) is 5.36. The van der Waals surface area contributed by atoms with Crippen molar-refractivity contribution in [1.29, 1.82) is 0 Å². The Morgan fingerprint density at radius 2 is 1.89 bits per heavy atom. The first-order chi connectivity index (χ1) is 13.2. The van der Waals surface area contributed by atoms with Crippen molar-refractivity contribution in [2.75, 3.05) is 19.6 Å². The lowest BCUT2D eigenvalue weighted by Gasteiger charge is -2.26. The van der Waals surface area contributed by atoms with Crippen molar-refractivity contribution in [3.8, 4) is 0 Å². The van der Waals surface area contributed by atoms with Crippen molar-refractivity contribution in [1.82, 2.24) is 25.3 Å². The molecule has 7 heteroatoms. The zero-order valence-electron chi connectivity index (χ0n) is 16.3. The highest BCUT2D eigenvalue weighted by Crippen LogP contribution is 2.32. The first-order valence-corrected chi connectivity index (χ1v) is 10.6. The topological polar surface area (TPSA) is 81.3 Å². The van der Waals surface area contributed by atoms with E-state index in [1.165, 1.54) is 24.1 Å². The molecule has 0 bridgehead atoms. The van der Waals surface area contributed by atoms with E-state index in [1.807, 2.05) is 9.80 Å². The summed E-state index contributed by atoms with van der Waals surface area (Å²) in [6.45, 7) is 4.29. The molecular weight excluding hydrogens is 342 g/mol. The molecule has 0 unspecified atom stereocenters. The molecule has 2 N–H and O–H groups in total. The van der Waals surface area contributed by atoms with Crippen molar-refractivity contribution in [2.45, 2.75) is 76.8 Å². The average molecular weight is 374 g/mol. The van der Waals surface area contributed by atoms with E-state index in [0.717, 1.165) is 57.3 Å². The van der Waals surface area contributed by atoms with Gasteiger partial charge in [0, 0.05) is 38.2 Å². The number of amides is 3. The predicted molar refractivity (Wildman–Crippen MR) is 102 cm³/mol. The Morgan fingerprint density at radius 1 is 1.15 bits per heavy atom. The van der Waals surface area contributed by atoms with Crippen molar-refractivity contribution in [3.63, 3.8) is 0 Å². The van der Waals surface area contributed by atoms with E-state index in [1.54, 1.807) is 0 Å². The highest BCUT2D eigenvalue weighted by Gasteiger charge is 2.45. The van der Waals surface area contributed by atoms with Crippen molar-refractivity contribution in [3.05, 3.63) is 17.0 Å². The van der Waals surface area contributed by atoms with E-state index in [0.29, 0.717) is 13.0 Å². The maximum absolute atomic E-state index is 12.9. The molecule has 1 aromatic rings. The van der Waals surface area contributed by atoms with Crippen LogP contribution >= 0.6 is 0 Å². The first kappa shape index (κ1) is 18.3. The van der Waals surface area contributed by atoms with Crippen LogP contribution in [0.4, 0.5) is 4.79 Å². The van der Waals surface area contributed by atoms with Gasteiger partial charge in [-0.1, -0.05) is 6.92 Å². The minimum atomic E-state index is 0.0294. The standard InChI is InChI=1S/C20H31N5O2/c1-2-11-21-20(27)25-13-10-17-18(25)9-12-24(17)19(26)8-7-16-14-5-3-4-6-15(14)22-23-16/h17-18H,2-13H2,1H3,(H,21,27)(H,22,23)/t17-,18-/m0/s1. The number of urea groups is 1. The molecule has 2 atom stereocenters. The maximum atomic E-state index is 12.9. The van der Waals surface area contributed by atoms with Crippen molar-refractivity contribution in [2.24, 2.45) is 0 Å². The van der Waals surface area contributed by atoms with Gasteiger partial charge in [0.05, 0.1) is 17.8 Å². The van der Waals surface area contributed by atoms with E-state index in [9.17, 15) is 9.59 Å². The molecule has 3 heterocycles. The van der Waals surface area contributed by atoms with Crippen molar-refractivity contribution >= 4 is 11.9 Å². The quantitative estimate of drug-likeness (QED) is 0.828. The molecular formula is C20H31N5O2. The Balaban J connectivity index is 1.33. The van der Waals surface area contributed by atoms with Gasteiger partial charge in [0.25, 0.3) is 0 Å². The fourth-order valence-corrected chi connectivity index (χ4v) is 5.01. The lowest BCUT2D eigenvalue weighted by atomic mass is 9.94. The molecule has 0 saturated carbocycles. The number of fused-ring (bicyclic) bond motifs is 2. The number of H-pyrrole nitrogens is 1. The van der Waals surface area contributed by atoms with Crippen LogP contribution in [-0.2, 0) is 24.1 Å². The zero-order chi connectivity index (χ0) is 18.8. The SMILES string of the molecule is CCCNC(=O)N1CC[C@H]2[C@@H]1CCN2C(=O)CCc1n[nH]c2c1CCCC2. The highest BCUT2D eigenvalue weighted by atomic mass is 16.2. The van der Waals surface area contributed by atoms with Crippen LogP contribution < -0.4 is 5.32 Å². The summed E-state index contributed by atoms with van der Waals surface area (Å²) < 4.78 is 0. The summed E-state index contributed by atoms with van der Waals surface area (Å²) in [5.74, 6) is 0.214. The van der Waals surface area contributed by atoms with Gasteiger partial charge in [-0.25, -0.2) is 4.79 Å². The van der Waals surface area contributed by atoms with Crippen LogP contribution in [0.2, 0.25) is 0 Å². The Hall–Kier alpha value is -2.05. The minimum Gasteiger partial charge on any atom is -0.338 e.